The molecule has 0 saturated carbocycles. The van der Waals surface area contributed by atoms with Gasteiger partial charge in [0.2, 0.25) is 0 Å². The molecule has 0 aliphatic heterocycles. The highest BCUT2D eigenvalue weighted by molar-refractivity contribution is 6.31. The molecule has 0 unspecified atom stereocenters. The van der Waals surface area contributed by atoms with Crippen LogP contribution in [0.15, 0.2) is 77.9 Å². The number of ether oxygens (including phenoxy) is 2. The third-order valence-corrected chi connectivity index (χ3v) is 4.35. The third kappa shape index (κ3) is 5.50. The summed E-state index contributed by atoms with van der Waals surface area (Å²) in [5, 5.41) is 4.98. The number of hydrogen-bond acceptors (Lipinski definition) is 4. The maximum atomic E-state index is 6.16. The zero-order chi connectivity index (χ0) is 18.9. The molecule has 5 heteroatoms. The van der Waals surface area contributed by atoms with Crippen molar-refractivity contribution in [3.8, 4) is 11.5 Å². The summed E-state index contributed by atoms with van der Waals surface area (Å²) in [5.41, 5.74) is 5.99. The predicted molar refractivity (Wildman–Crippen MR) is 110 cm³/mol. The van der Waals surface area contributed by atoms with Gasteiger partial charge in [-0.05, 0) is 29.8 Å². The van der Waals surface area contributed by atoms with Gasteiger partial charge in [0.05, 0.1) is 19.9 Å². The minimum atomic E-state index is 0.423. The lowest BCUT2D eigenvalue weighted by molar-refractivity contribution is 0.306. The second-order valence-corrected chi connectivity index (χ2v) is 6.26. The Morgan fingerprint density at radius 2 is 1.74 bits per heavy atom. The lowest BCUT2D eigenvalue weighted by Crippen LogP contribution is -2.06. The Bertz CT molecular complexity index is 912. The van der Waals surface area contributed by atoms with Crippen molar-refractivity contribution in [2.24, 2.45) is 5.10 Å². The molecule has 0 saturated heterocycles. The van der Waals surface area contributed by atoms with E-state index in [1.165, 1.54) is 0 Å². The highest BCUT2D eigenvalue weighted by Gasteiger charge is 2.02. The summed E-state index contributed by atoms with van der Waals surface area (Å²) in [4.78, 5) is 0. The smallest absolute Gasteiger partial charge is 0.123 e. The summed E-state index contributed by atoms with van der Waals surface area (Å²) in [6.45, 7) is 1.01. The van der Waals surface area contributed by atoms with Crippen LogP contribution in [0.3, 0.4) is 0 Å². The van der Waals surface area contributed by atoms with Gasteiger partial charge in [0.25, 0.3) is 0 Å². The number of halogens is 1. The van der Waals surface area contributed by atoms with E-state index in [0.29, 0.717) is 18.2 Å². The van der Waals surface area contributed by atoms with Gasteiger partial charge in [-0.3, -0.25) is 0 Å². The van der Waals surface area contributed by atoms with Crippen LogP contribution >= 0.6 is 11.6 Å². The van der Waals surface area contributed by atoms with Gasteiger partial charge in [-0.2, -0.15) is 5.10 Å². The van der Waals surface area contributed by atoms with Gasteiger partial charge in [0.1, 0.15) is 18.1 Å². The minimum absolute atomic E-state index is 0.423. The van der Waals surface area contributed by atoms with Gasteiger partial charge < -0.3 is 14.9 Å². The van der Waals surface area contributed by atoms with Crippen LogP contribution in [0.2, 0.25) is 5.02 Å². The molecule has 3 rings (SSSR count). The van der Waals surface area contributed by atoms with Crippen LogP contribution in [0.5, 0.6) is 11.5 Å². The first kappa shape index (κ1) is 18.8. The number of rotatable bonds is 8. The number of nitrogens with one attached hydrogen (secondary N) is 1. The van der Waals surface area contributed by atoms with Gasteiger partial charge in [0.15, 0.2) is 0 Å². The van der Waals surface area contributed by atoms with E-state index in [0.717, 1.165) is 28.2 Å². The summed E-state index contributed by atoms with van der Waals surface area (Å²) in [7, 11) is 1.66. The summed E-state index contributed by atoms with van der Waals surface area (Å²) in [6.07, 6.45) is 1.76. The Hall–Kier alpha value is -2.98. The Morgan fingerprint density at radius 1 is 0.963 bits per heavy atom. The largest absolute Gasteiger partial charge is 0.496 e. The average Bonchev–Trinajstić information content (AvgIpc) is 2.71. The van der Waals surface area contributed by atoms with E-state index in [1.54, 1.807) is 13.3 Å². The van der Waals surface area contributed by atoms with Crippen LogP contribution in [0.25, 0.3) is 0 Å². The molecular formula is C22H21ClN2O2. The van der Waals surface area contributed by atoms with Crippen molar-refractivity contribution in [1.29, 1.82) is 0 Å². The Labute approximate surface area is 164 Å². The molecule has 27 heavy (non-hydrogen) atoms. The molecule has 0 amide bonds. The molecule has 0 bridgehead atoms. The van der Waals surface area contributed by atoms with Crippen molar-refractivity contribution >= 4 is 17.8 Å². The van der Waals surface area contributed by atoms with E-state index in [1.807, 2.05) is 72.8 Å². The van der Waals surface area contributed by atoms with Gasteiger partial charge in [0, 0.05) is 16.1 Å². The molecule has 4 nitrogen and oxygen atoms in total. The van der Waals surface area contributed by atoms with E-state index in [-0.39, 0.29) is 0 Å². The van der Waals surface area contributed by atoms with Crippen LogP contribution in [-0.2, 0) is 13.2 Å². The average molecular weight is 381 g/mol. The molecule has 0 aliphatic rings. The molecule has 3 aromatic rings. The van der Waals surface area contributed by atoms with Crippen molar-refractivity contribution in [1.82, 2.24) is 5.43 Å². The van der Waals surface area contributed by atoms with Crippen LogP contribution < -0.4 is 14.9 Å². The topological polar surface area (TPSA) is 42.8 Å². The Morgan fingerprint density at radius 3 is 2.56 bits per heavy atom. The summed E-state index contributed by atoms with van der Waals surface area (Å²) in [6, 6.07) is 23.3. The van der Waals surface area contributed by atoms with Crippen molar-refractivity contribution < 1.29 is 9.47 Å². The lowest BCUT2D eigenvalue weighted by Gasteiger charge is -2.08. The fraction of sp³-hybridized carbons (Fsp3) is 0.136. The molecular weight excluding hydrogens is 360 g/mol. The molecule has 0 aliphatic carbocycles. The van der Waals surface area contributed by atoms with Crippen molar-refractivity contribution in [2.45, 2.75) is 13.2 Å². The number of methoxy groups -OCH3 is 1. The summed E-state index contributed by atoms with van der Waals surface area (Å²) in [5.74, 6) is 1.61. The molecule has 138 valence electrons. The zero-order valence-corrected chi connectivity index (χ0v) is 15.8. The Balaban J connectivity index is 1.55. The predicted octanol–water partition coefficient (Wildman–Crippen LogP) is 5.05. The van der Waals surface area contributed by atoms with Crippen LogP contribution in [0, 0.1) is 0 Å². The second kappa shape index (κ2) is 9.64. The van der Waals surface area contributed by atoms with Gasteiger partial charge in [-0.25, -0.2) is 0 Å². The molecule has 3 aromatic carbocycles. The number of hydrogen-bond donors (Lipinski definition) is 1. The van der Waals surface area contributed by atoms with Crippen LogP contribution in [-0.4, -0.2) is 13.3 Å². The maximum absolute atomic E-state index is 6.16. The van der Waals surface area contributed by atoms with Gasteiger partial charge >= 0.3 is 0 Å². The first-order valence-corrected chi connectivity index (χ1v) is 8.98. The molecule has 0 spiro atoms. The lowest BCUT2D eigenvalue weighted by atomic mass is 10.2. The zero-order valence-electron chi connectivity index (χ0n) is 15.1. The van der Waals surface area contributed by atoms with E-state index in [4.69, 9.17) is 21.1 Å². The molecule has 0 heterocycles. The third-order valence-electron chi connectivity index (χ3n) is 3.98. The SMILES string of the molecule is COc1ccccc1CN/N=C\c1cccc(OCc2ccccc2Cl)c1. The first-order chi connectivity index (χ1) is 13.3. The van der Waals surface area contributed by atoms with Crippen molar-refractivity contribution in [3.05, 3.63) is 94.5 Å². The minimum Gasteiger partial charge on any atom is -0.496 e. The van der Waals surface area contributed by atoms with Gasteiger partial charge in [-0.1, -0.05) is 60.1 Å². The van der Waals surface area contributed by atoms with E-state index >= 15 is 0 Å². The van der Waals surface area contributed by atoms with Crippen LogP contribution in [0.1, 0.15) is 16.7 Å². The summed E-state index contributed by atoms with van der Waals surface area (Å²) >= 11 is 6.16. The molecule has 0 fully saturated rings. The Kier molecular flexibility index (Phi) is 6.72. The second-order valence-electron chi connectivity index (χ2n) is 5.86. The number of para-hydroxylation sites is 1. The maximum Gasteiger partial charge on any atom is 0.123 e. The summed E-state index contributed by atoms with van der Waals surface area (Å²) < 4.78 is 11.2. The normalized spacial score (nSPS) is 10.7. The fourth-order valence-electron chi connectivity index (χ4n) is 2.56. The molecule has 0 atom stereocenters. The van der Waals surface area contributed by atoms with Crippen molar-refractivity contribution in [3.63, 3.8) is 0 Å². The van der Waals surface area contributed by atoms with E-state index in [2.05, 4.69) is 10.5 Å². The number of nitrogens with zero attached hydrogens (tertiary/aromatic N) is 1. The standard InChI is InChI=1S/C22H21ClN2O2/c1-26-22-12-5-3-8-18(22)15-25-24-14-17-7-6-10-20(13-17)27-16-19-9-2-4-11-21(19)23/h2-14,25H,15-16H2,1H3/b24-14-. The first-order valence-electron chi connectivity index (χ1n) is 8.60. The monoisotopic (exact) mass is 380 g/mol. The molecule has 1 N–H and O–H groups in total. The fourth-order valence-corrected chi connectivity index (χ4v) is 2.75. The number of benzene rings is 3. The highest BCUT2D eigenvalue weighted by Crippen LogP contribution is 2.19. The van der Waals surface area contributed by atoms with Gasteiger partial charge in [-0.15, -0.1) is 0 Å². The number of hydrazone groups is 1. The van der Waals surface area contributed by atoms with E-state index < -0.39 is 0 Å². The highest BCUT2D eigenvalue weighted by atomic mass is 35.5. The quantitative estimate of drug-likeness (QED) is 0.439. The van der Waals surface area contributed by atoms with Crippen molar-refractivity contribution in [2.75, 3.05) is 7.11 Å². The molecule has 0 aromatic heterocycles. The molecule has 0 radical (unpaired) electrons. The van der Waals surface area contributed by atoms with Crippen LogP contribution in [0.4, 0.5) is 0 Å². The van der Waals surface area contributed by atoms with E-state index in [9.17, 15) is 0 Å².